The molecule has 3 rings (SSSR count). The molecule has 1 N–H and O–H groups in total. The third-order valence-corrected chi connectivity index (χ3v) is 4.15. The fourth-order valence-corrected chi connectivity index (χ4v) is 3.12. The van der Waals surface area contributed by atoms with Gasteiger partial charge in [-0.2, -0.15) is 0 Å². The Hall–Kier alpha value is -0.900. The van der Waals surface area contributed by atoms with Gasteiger partial charge in [0.1, 0.15) is 0 Å². The highest BCUT2D eigenvalue weighted by Crippen LogP contribution is 2.41. The quantitative estimate of drug-likeness (QED) is 0.889. The van der Waals surface area contributed by atoms with Crippen molar-refractivity contribution >= 4 is 0 Å². The van der Waals surface area contributed by atoms with Crippen molar-refractivity contribution < 1.29 is 14.6 Å². The van der Waals surface area contributed by atoms with E-state index in [9.17, 15) is 5.11 Å². The Bertz CT molecular complexity index is 379. The second-order valence-corrected chi connectivity index (χ2v) is 5.39. The summed E-state index contributed by atoms with van der Waals surface area (Å²) in [4.78, 5) is 0. The van der Waals surface area contributed by atoms with Crippen LogP contribution in [0.4, 0.5) is 0 Å². The Labute approximate surface area is 108 Å². The molecule has 4 atom stereocenters. The van der Waals surface area contributed by atoms with Crippen LogP contribution in [0.2, 0.25) is 0 Å². The lowest BCUT2D eigenvalue weighted by Gasteiger charge is -2.33. The zero-order chi connectivity index (χ0) is 12.4. The van der Waals surface area contributed by atoms with Crippen LogP contribution in [0, 0.1) is 11.8 Å². The molecule has 1 saturated carbocycles. The van der Waals surface area contributed by atoms with Gasteiger partial charge in [0.25, 0.3) is 0 Å². The van der Waals surface area contributed by atoms with Crippen LogP contribution in [0.1, 0.15) is 24.8 Å². The van der Waals surface area contributed by atoms with E-state index in [1.165, 1.54) is 12.0 Å². The number of aliphatic hydroxyl groups excluding tert-OH is 1. The molecular weight excluding hydrogens is 228 g/mol. The van der Waals surface area contributed by atoms with Crippen molar-refractivity contribution in [2.24, 2.45) is 11.8 Å². The molecule has 1 aliphatic carbocycles. The van der Waals surface area contributed by atoms with Gasteiger partial charge in [0, 0.05) is 5.92 Å². The summed E-state index contributed by atoms with van der Waals surface area (Å²) in [5.41, 5.74) is 1.17. The SMILES string of the molecule is OC1O[C@H]2CC[C@H](C2)[C@@H]1COCc1ccccc1. The fraction of sp³-hybridized carbons (Fsp3) is 0.600. The predicted octanol–water partition coefficient (Wildman–Crippen LogP) is 2.34. The van der Waals surface area contributed by atoms with Gasteiger partial charge >= 0.3 is 0 Å². The van der Waals surface area contributed by atoms with E-state index in [4.69, 9.17) is 9.47 Å². The van der Waals surface area contributed by atoms with E-state index in [0.717, 1.165) is 12.8 Å². The first-order valence-corrected chi connectivity index (χ1v) is 6.78. The molecule has 1 saturated heterocycles. The molecular formula is C15H20O3. The maximum atomic E-state index is 9.94. The minimum absolute atomic E-state index is 0.146. The number of fused-ring (bicyclic) bond motifs is 2. The second kappa shape index (κ2) is 5.39. The molecule has 98 valence electrons. The van der Waals surface area contributed by atoms with Crippen LogP contribution in [0.25, 0.3) is 0 Å². The van der Waals surface area contributed by atoms with Gasteiger partial charge in [-0.3, -0.25) is 0 Å². The summed E-state index contributed by atoms with van der Waals surface area (Å²) in [5.74, 6) is 0.724. The largest absolute Gasteiger partial charge is 0.376 e. The summed E-state index contributed by atoms with van der Waals surface area (Å²) in [6.07, 6.45) is 3.01. The van der Waals surface area contributed by atoms with E-state index < -0.39 is 6.29 Å². The molecule has 0 amide bonds. The molecule has 2 fully saturated rings. The molecule has 1 aromatic carbocycles. The Morgan fingerprint density at radius 3 is 2.89 bits per heavy atom. The maximum absolute atomic E-state index is 9.94. The summed E-state index contributed by atoms with van der Waals surface area (Å²) in [6.45, 7) is 1.20. The van der Waals surface area contributed by atoms with Crippen LogP contribution in [0.5, 0.6) is 0 Å². The van der Waals surface area contributed by atoms with Gasteiger partial charge in [-0.15, -0.1) is 0 Å². The summed E-state index contributed by atoms with van der Waals surface area (Å²) in [7, 11) is 0. The lowest BCUT2D eigenvalue weighted by atomic mass is 9.89. The van der Waals surface area contributed by atoms with Gasteiger partial charge < -0.3 is 14.6 Å². The summed E-state index contributed by atoms with van der Waals surface area (Å²) < 4.78 is 11.3. The highest BCUT2D eigenvalue weighted by atomic mass is 16.6. The minimum Gasteiger partial charge on any atom is -0.376 e. The van der Waals surface area contributed by atoms with Crippen LogP contribution in [-0.4, -0.2) is 24.1 Å². The van der Waals surface area contributed by atoms with Gasteiger partial charge in [-0.25, -0.2) is 0 Å². The van der Waals surface area contributed by atoms with Crippen LogP contribution in [-0.2, 0) is 16.1 Å². The predicted molar refractivity (Wildman–Crippen MR) is 67.8 cm³/mol. The molecule has 1 aliphatic heterocycles. The van der Waals surface area contributed by atoms with Crippen molar-refractivity contribution in [1.82, 2.24) is 0 Å². The highest BCUT2D eigenvalue weighted by molar-refractivity contribution is 5.13. The fourth-order valence-electron chi connectivity index (χ4n) is 3.12. The molecule has 1 unspecified atom stereocenters. The van der Waals surface area contributed by atoms with E-state index in [2.05, 4.69) is 12.1 Å². The van der Waals surface area contributed by atoms with Crippen molar-refractivity contribution in [3.05, 3.63) is 35.9 Å². The van der Waals surface area contributed by atoms with Gasteiger partial charge in [0.05, 0.1) is 19.3 Å². The topological polar surface area (TPSA) is 38.7 Å². The monoisotopic (exact) mass is 248 g/mol. The van der Waals surface area contributed by atoms with Gasteiger partial charge in [-0.05, 0) is 30.7 Å². The normalized spacial score (nSPS) is 34.7. The lowest BCUT2D eigenvalue weighted by molar-refractivity contribution is -0.204. The van der Waals surface area contributed by atoms with E-state index in [0.29, 0.717) is 19.1 Å². The third kappa shape index (κ3) is 2.58. The molecule has 18 heavy (non-hydrogen) atoms. The number of hydrogen-bond acceptors (Lipinski definition) is 3. The summed E-state index contributed by atoms with van der Waals surface area (Å²) in [6, 6.07) is 10.1. The Morgan fingerprint density at radius 1 is 1.22 bits per heavy atom. The summed E-state index contributed by atoms with van der Waals surface area (Å²) >= 11 is 0. The van der Waals surface area contributed by atoms with Crippen molar-refractivity contribution in [3.63, 3.8) is 0 Å². The molecule has 0 spiro atoms. The molecule has 2 aliphatic rings. The first-order chi connectivity index (χ1) is 8.83. The minimum atomic E-state index is -0.632. The van der Waals surface area contributed by atoms with Crippen molar-refractivity contribution in [3.8, 4) is 0 Å². The average Bonchev–Trinajstić information content (AvgIpc) is 2.78. The Morgan fingerprint density at radius 2 is 2.06 bits per heavy atom. The number of aliphatic hydroxyl groups is 1. The number of rotatable bonds is 4. The zero-order valence-corrected chi connectivity index (χ0v) is 10.5. The number of benzene rings is 1. The van der Waals surface area contributed by atoms with E-state index in [1.54, 1.807) is 0 Å². The molecule has 0 aromatic heterocycles. The molecule has 3 heteroatoms. The highest BCUT2D eigenvalue weighted by Gasteiger charge is 2.42. The molecule has 2 bridgehead atoms. The van der Waals surface area contributed by atoms with Gasteiger partial charge in [0.2, 0.25) is 0 Å². The standard InChI is InChI=1S/C15H20O3/c16-15-14(12-6-7-13(8-12)18-15)10-17-9-11-4-2-1-3-5-11/h1-5,12-16H,6-10H2/t12-,13+,14+,15?/m1/s1. The van der Waals surface area contributed by atoms with Crippen molar-refractivity contribution in [2.45, 2.75) is 38.3 Å². The molecule has 1 heterocycles. The average molecular weight is 248 g/mol. The first kappa shape index (κ1) is 12.2. The Balaban J connectivity index is 1.50. The van der Waals surface area contributed by atoms with Crippen molar-refractivity contribution in [1.29, 1.82) is 0 Å². The molecule has 1 aromatic rings. The second-order valence-electron chi connectivity index (χ2n) is 5.39. The number of ether oxygens (including phenoxy) is 2. The lowest BCUT2D eigenvalue weighted by Crippen LogP contribution is -2.38. The van der Waals surface area contributed by atoms with Crippen LogP contribution in [0.3, 0.4) is 0 Å². The van der Waals surface area contributed by atoms with Gasteiger partial charge in [-0.1, -0.05) is 30.3 Å². The zero-order valence-electron chi connectivity index (χ0n) is 10.5. The van der Waals surface area contributed by atoms with E-state index in [-0.39, 0.29) is 12.0 Å². The smallest absolute Gasteiger partial charge is 0.160 e. The number of hydrogen-bond donors (Lipinski definition) is 1. The molecule has 3 nitrogen and oxygen atoms in total. The summed E-state index contributed by atoms with van der Waals surface area (Å²) in [5, 5.41) is 9.94. The van der Waals surface area contributed by atoms with Crippen LogP contribution < -0.4 is 0 Å². The third-order valence-electron chi connectivity index (χ3n) is 4.15. The van der Waals surface area contributed by atoms with E-state index in [1.807, 2.05) is 18.2 Å². The van der Waals surface area contributed by atoms with E-state index >= 15 is 0 Å². The molecule has 0 radical (unpaired) electrons. The first-order valence-electron chi connectivity index (χ1n) is 6.78. The van der Waals surface area contributed by atoms with Gasteiger partial charge in [0.15, 0.2) is 6.29 Å². The van der Waals surface area contributed by atoms with Crippen LogP contribution in [0.15, 0.2) is 30.3 Å². The van der Waals surface area contributed by atoms with Crippen LogP contribution >= 0.6 is 0 Å². The Kier molecular flexibility index (Phi) is 3.64. The van der Waals surface area contributed by atoms with Crippen molar-refractivity contribution in [2.75, 3.05) is 6.61 Å². The maximum Gasteiger partial charge on any atom is 0.160 e.